The molecule has 0 saturated carbocycles. The highest BCUT2D eigenvalue weighted by Crippen LogP contribution is 2.42. The smallest absolute Gasteiger partial charge is 0.310 e. The van der Waals surface area contributed by atoms with Crippen molar-refractivity contribution in [3.63, 3.8) is 0 Å². The Labute approximate surface area is 172 Å². The second-order valence-corrected chi connectivity index (χ2v) is 6.47. The molecule has 1 aliphatic rings. The fourth-order valence-electron chi connectivity index (χ4n) is 3.31. The number of hydrogen-bond acceptors (Lipinski definition) is 7. The lowest BCUT2D eigenvalue weighted by Crippen LogP contribution is -2.04. The summed E-state index contributed by atoms with van der Waals surface area (Å²) in [4.78, 5) is 16.8. The number of allylic oxidation sites excluding steroid dienone is 2. The molecule has 3 aromatic rings. The van der Waals surface area contributed by atoms with Gasteiger partial charge >= 0.3 is 5.95 Å². The first-order chi connectivity index (χ1) is 14.5. The average molecular weight is 405 g/mol. The van der Waals surface area contributed by atoms with E-state index in [2.05, 4.69) is 4.98 Å². The highest BCUT2D eigenvalue weighted by Gasteiger charge is 2.22. The Bertz CT molecular complexity index is 1160. The lowest BCUT2D eigenvalue weighted by atomic mass is 9.91. The Balaban J connectivity index is 1.79. The van der Waals surface area contributed by atoms with E-state index in [4.69, 9.17) is 18.6 Å². The summed E-state index contributed by atoms with van der Waals surface area (Å²) in [5, 5.41) is 10.3. The molecule has 0 unspecified atom stereocenters. The fraction of sp³-hybridized carbons (Fsp3) is 0.130. The molecule has 2 aromatic carbocycles. The van der Waals surface area contributed by atoms with Crippen LogP contribution in [0.25, 0.3) is 29.2 Å². The van der Waals surface area contributed by atoms with Gasteiger partial charge in [0, 0.05) is 11.1 Å². The first-order valence-corrected chi connectivity index (χ1v) is 9.09. The quantitative estimate of drug-likeness (QED) is 0.636. The van der Waals surface area contributed by atoms with Crippen LogP contribution in [0.3, 0.4) is 0 Å². The Hall–Kier alpha value is -4.00. The van der Waals surface area contributed by atoms with Crippen molar-refractivity contribution in [2.45, 2.75) is 0 Å². The third-order valence-corrected chi connectivity index (χ3v) is 4.76. The number of benzene rings is 2. The van der Waals surface area contributed by atoms with Crippen molar-refractivity contribution in [1.82, 2.24) is 4.98 Å². The standard InChI is InChI=1S/C23H19NO6/c1-27-19-10-14(11-20(28-2)21(19)29-3)22-24-17(23(26)30-22)12-16-15-7-5-4-6-13(15)8-9-18(16)25/h4-12,26H,1-3H3. The van der Waals surface area contributed by atoms with E-state index < -0.39 is 5.95 Å². The van der Waals surface area contributed by atoms with Gasteiger partial charge in [0.05, 0.1) is 21.3 Å². The van der Waals surface area contributed by atoms with E-state index in [0.29, 0.717) is 28.4 Å². The highest BCUT2D eigenvalue weighted by atomic mass is 16.5. The van der Waals surface area contributed by atoms with E-state index in [1.165, 1.54) is 33.5 Å². The van der Waals surface area contributed by atoms with Crippen molar-refractivity contribution in [2.24, 2.45) is 0 Å². The third-order valence-electron chi connectivity index (χ3n) is 4.76. The van der Waals surface area contributed by atoms with Crippen LogP contribution in [0.4, 0.5) is 0 Å². The van der Waals surface area contributed by atoms with Crippen LogP contribution in [0.1, 0.15) is 16.8 Å². The molecular weight excluding hydrogens is 386 g/mol. The number of methoxy groups -OCH3 is 3. The van der Waals surface area contributed by atoms with Crippen molar-refractivity contribution in [2.75, 3.05) is 21.3 Å². The molecule has 1 N–H and O–H groups in total. The number of oxazole rings is 1. The van der Waals surface area contributed by atoms with E-state index in [1.54, 1.807) is 18.2 Å². The maximum Gasteiger partial charge on any atom is 0.310 e. The number of rotatable bonds is 5. The zero-order chi connectivity index (χ0) is 21.3. The summed E-state index contributed by atoms with van der Waals surface area (Å²) in [5.74, 6) is 0.845. The predicted molar refractivity (Wildman–Crippen MR) is 112 cm³/mol. The minimum absolute atomic E-state index is 0.144. The molecule has 0 spiro atoms. The molecule has 7 heteroatoms. The van der Waals surface area contributed by atoms with Crippen molar-refractivity contribution in [1.29, 1.82) is 0 Å². The van der Waals surface area contributed by atoms with E-state index in [0.717, 1.165) is 11.1 Å². The van der Waals surface area contributed by atoms with Crippen LogP contribution in [0.15, 0.2) is 46.9 Å². The van der Waals surface area contributed by atoms with Crippen LogP contribution in [0.5, 0.6) is 23.2 Å². The number of carbonyl (C=O) groups excluding carboxylic acids is 1. The van der Waals surface area contributed by atoms with E-state index in [1.807, 2.05) is 24.3 Å². The summed E-state index contributed by atoms with van der Waals surface area (Å²) in [6.45, 7) is 0. The maximum absolute atomic E-state index is 12.4. The summed E-state index contributed by atoms with van der Waals surface area (Å²) in [6, 6.07) is 10.8. The summed E-state index contributed by atoms with van der Waals surface area (Å²) < 4.78 is 21.5. The number of ether oxygens (including phenoxy) is 3. The SMILES string of the molecule is COc1cc(-c2nc(C=C3C(=O)C=Cc4ccccc43)c(O)o2)cc(OC)c1OC. The van der Waals surface area contributed by atoms with Gasteiger partial charge in [0.2, 0.25) is 11.6 Å². The summed E-state index contributed by atoms with van der Waals surface area (Å²) in [6.07, 6.45) is 4.77. The molecule has 152 valence electrons. The highest BCUT2D eigenvalue weighted by molar-refractivity contribution is 6.33. The van der Waals surface area contributed by atoms with Gasteiger partial charge in [0.25, 0.3) is 0 Å². The van der Waals surface area contributed by atoms with Crippen LogP contribution in [-0.2, 0) is 4.79 Å². The van der Waals surface area contributed by atoms with Gasteiger partial charge in [-0.2, -0.15) is 0 Å². The number of carbonyl (C=O) groups is 1. The lowest BCUT2D eigenvalue weighted by molar-refractivity contribution is -0.109. The maximum atomic E-state index is 12.4. The van der Waals surface area contributed by atoms with Gasteiger partial charge < -0.3 is 23.7 Å². The molecule has 0 atom stereocenters. The Morgan fingerprint density at radius 1 is 1.00 bits per heavy atom. The molecule has 1 aromatic heterocycles. The molecule has 30 heavy (non-hydrogen) atoms. The molecule has 0 radical (unpaired) electrons. The normalized spacial score (nSPS) is 14.0. The van der Waals surface area contributed by atoms with Crippen molar-refractivity contribution >= 4 is 23.5 Å². The summed E-state index contributed by atoms with van der Waals surface area (Å²) in [5.41, 5.74) is 2.76. The van der Waals surface area contributed by atoms with Gasteiger partial charge in [-0.25, -0.2) is 4.98 Å². The van der Waals surface area contributed by atoms with Crippen LogP contribution in [-0.4, -0.2) is 37.2 Å². The molecule has 1 aliphatic carbocycles. The number of aromatic hydroxyl groups is 1. The van der Waals surface area contributed by atoms with E-state index >= 15 is 0 Å². The number of fused-ring (bicyclic) bond motifs is 1. The number of aromatic nitrogens is 1. The monoisotopic (exact) mass is 405 g/mol. The van der Waals surface area contributed by atoms with Crippen LogP contribution in [0, 0.1) is 0 Å². The fourth-order valence-corrected chi connectivity index (χ4v) is 3.31. The molecule has 1 heterocycles. The number of hydrogen-bond donors (Lipinski definition) is 1. The van der Waals surface area contributed by atoms with E-state index in [-0.39, 0.29) is 17.4 Å². The van der Waals surface area contributed by atoms with Gasteiger partial charge in [-0.3, -0.25) is 4.79 Å². The Morgan fingerprint density at radius 3 is 2.37 bits per heavy atom. The molecular formula is C23H19NO6. The predicted octanol–water partition coefficient (Wildman–Crippen LogP) is 4.21. The van der Waals surface area contributed by atoms with Crippen LogP contribution < -0.4 is 14.2 Å². The Morgan fingerprint density at radius 2 is 1.70 bits per heavy atom. The minimum atomic E-state index is -0.397. The molecule has 0 aliphatic heterocycles. The van der Waals surface area contributed by atoms with Crippen molar-refractivity contribution in [3.05, 3.63) is 59.3 Å². The zero-order valence-electron chi connectivity index (χ0n) is 16.6. The third kappa shape index (κ3) is 3.30. The minimum Gasteiger partial charge on any atom is -0.493 e. The largest absolute Gasteiger partial charge is 0.493 e. The van der Waals surface area contributed by atoms with Gasteiger partial charge in [0.1, 0.15) is 5.69 Å². The molecule has 0 fully saturated rings. The van der Waals surface area contributed by atoms with Gasteiger partial charge in [-0.05, 0) is 35.4 Å². The molecule has 0 amide bonds. The Kier molecular flexibility index (Phi) is 5.02. The average Bonchev–Trinajstić information content (AvgIpc) is 3.14. The van der Waals surface area contributed by atoms with Crippen molar-refractivity contribution < 1.29 is 28.5 Å². The molecule has 7 nitrogen and oxygen atoms in total. The lowest BCUT2D eigenvalue weighted by Gasteiger charge is -2.12. The van der Waals surface area contributed by atoms with E-state index in [9.17, 15) is 9.90 Å². The number of ketones is 1. The topological polar surface area (TPSA) is 91.0 Å². The van der Waals surface area contributed by atoms with Crippen LogP contribution >= 0.6 is 0 Å². The van der Waals surface area contributed by atoms with Gasteiger partial charge in [-0.1, -0.05) is 30.3 Å². The molecule has 0 saturated heterocycles. The first kappa shape index (κ1) is 19.3. The summed E-state index contributed by atoms with van der Waals surface area (Å²) in [7, 11) is 4.52. The molecule has 0 bridgehead atoms. The van der Waals surface area contributed by atoms with Gasteiger partial charge in [-0.15, -0.1) is 0 Å². The first-order valence-electron chi connectivity index (χ1n) is 9.09. The van der Waals surface area contributed by atoms with Crippen LogP contribution in [0.2, 0.25) is 0 Å². The van der Waals surface area contributed by atoms with Crippen molar-refractivity contribution in [3.8, 4) is 34.6 Å². The second-order valence-electron chi connectivity index (χ2n) is 6.47. The second kappa shape index (κ2) is 7.79. The zero-order valence-corrected chi connectivity index (χ0v) is 16.6. The summed E-state index contributed by atoms with van der Waals surface area (Å²) >= 11 is 0. The molecule has 4 rings (SSSR count). The number of nitrogens with zero attached hydrogens (tertiary/aromatic N) is 1. The van der Waals surface area contributed by atoms with Gasteiger partial charge in [0.15, 0.2) is 17.3 Å².